The minimum absolute atomic E-state index is 0.0686. The molecule has 1 aliphatic heterocycles. The quantitative estimate of drug-likeness (QED) is 0.361. The summed E-state index contributed by atoms with van der Waals surface area (Å²) in [6.07, 6.45) is 2.43. The Morgan fingerprint density at radius 3 is 2.45 bits per heavy atom. The van der Waals surface area contributed by atoms with Gasteiger partial charge in [0.2, 0.25) is 0 Å². The normalized spacial score (nSPS) is 14.6. The van der Waals surface area contributed by atoms with Crippen LogP contribution in [-0.4, -0.2) is 55.3 Å². The molecule has 0 saturated carbocycles. The van der Waals surface area contributed by atoms with Gasteiger partial charge in [0.25, 0.3) is 15.9 Å². The molecule has 0 unspecified atom stereocenters. The lowest BCUT2D eigenvalue weighted by Gasteiger charge is -2.22. The molecule has 38 heavy (non-hydrogen) atoms. The van der Waals surface area contributed by atoms with E-state index in [4.69, 9.17) is 6.57 Å². The van der Waals surface area contributed by atoms with Crippen molar-refractivity contribution in [3.05, 3.63) is 108 Å². The fraction of sp³-hybridized carbons (Fsp3) is 0.207. The molecule has 3 aromatic carbocycles. The van der Waals surface area contributed by atoms with E-state index in [2.05, 4.69) is 19.5 Å². The Balaban J connectivity index is 1.22. The Labute approximate surface area is 222 Å². The number of carbonyl (C=O) groups excluding carboxylic acids is 1. The van der Waals surface area contributed by atoms with Gasteiger partial charge in [-0.15, -0.1) is 0 Å². The number of nitrogens with one attached hydrogen (secondary N) is 1. The summed E-state index contributed by atoms with van der Waals surface area (Å²) in [5, 5.41) is 0.741. The second-order valence-corrected chi connectivity index (χ2v) is 10.9. The largest absolute Gasteiger partial charge is 0.337 e. The molecule has 0 bridgehead atoms. The molecule has 0 radical (unpaired) electrons. The number of nitrogens with zero attached hydrogens (tertiary/aromatic N) is 4. The van der Waals surface area contributed by atoms with Crippen molar-refractivity contribution in [2.45, 2.75) is 17.9 Å². The van der Waals surface area contributed by atoms with E-state index in [1.54, 1.807) is 42.6 Å². The number of pyridine rings is 1. The van der Waals surface area contributed by atoms with Gasteiger partial charge >= 0.3 is 0 Å². The number of anilines is 1. The number of amides is 1. The zero-order chi connectivity index (χ0) is 26.5. The third-order valence-electron chi connectivity index (χ3n) is 6.62. The van der Waals surface area contributed by atoms with Crippen LogP contribution in [0.3, 0.4) is 0 Å². The first-order valence-corrected chi connectivity index (χ1v) is 13.9. The summed E-state index contributed by atoms with van der Waals surface area (Å²) in [7, 11) is -3.86. The van der Waals surface area contributed by atoms with Gasteiger partial charge in [0.1, 0.15) is 4.90 Å². The van der Waals surface area contributed by atoms with Crippen LogP contribution in [0.2, 0.25) is 0 Å². The molecule has 2 heterocycles. The maximum absolute atomic E-state index is 13.2. The van der Waals surface area contributed by atoms with Crippen LogP contribution in [0.15, 0.2) is 90.0 Å². The highest BCUT2D eigenvalue weighted by Crippen LogP contribution is 2.24. The highest BCUT2D eigenvalue weighted by Gasteiger charge is 2.22. The lowest BCUT2D eigenvalue weighted by molar-refractivity contribution is 0.0761. The van der Waals surface area contributed by atoms with Crippen LogP contribution in [0.25, 0.3) is 15.7 Å². The average molecular weight is 526 g/mol. The standard InChI is InChI=1S/C29H27N5O3S/c1-30-25-12-8-22(9-13-25)21-33-17-4-18-34(20-19-33)29(35)24-10-14-26(15-11-24)32-38(36,37)27-7-2-5-23-6-3-16-31-28(23)27/h2-3,5-16,32H,4,17-21H2. The van der Waals surface area contributed by atoms with Crippen LogP contribution in [0.5, 0.6) is 0 Å². The molecular formula is C29H27N5O3S. The molecule has 1 fully saturated rings. The van der Waals surface area contributed by atoms with Crippen molar-refractivity contribution in [3.8, 4) is 0 Å². The maximum Gasteiger partial charge on any atom is 0.264 e. The molecule has 9 heteroatoms. The molecule has 8 nitrogen and oxygen atoms in total. The first-order chi connectivity index (χ1) is 18.4. The zero-order valence-corrected chi connectivity index (χ0v) is 21.6. The van der Waals surface area contributed by atoms with Gasteiger partial charge in [-0.3, -0.25) is 19.4 Å². The van der Waals surface area contributed by atoms with Crippen molar-refractivity contribution < 1.29 is 13.2 Å². The van der Waals surface area contributed by atoms with E-state index in [1.807, 2.05) is 41.3 Å². The Kier molecular flexibility index (Phi) is 7.36. The van der Waals surface area contributed by atoms with E-state index in [1.165, 1.54) is 6.07 Å². The minimum atomic E-state index is -3.86. The van der Waals surface area contributed by atoms with E-state index >= 15 is 0 Å². The summed E-state index contributed by atoms with van der Waals surface area (Å²) in [4.78, 5) is 25.1. The summed E-state index contributed by atoms with van der Waals surface area (Å²) in [6, 6.07) is 22.8. The molecule has 0 spiro atoms. The molecule has 1 N–H and O–H groups in total. The van der Waals surface area contributed by atoms with Gasteiger partial charge in [-0.05, 0) is 48.4 Å². The molecule has 192 valence electrons. The Morgan fingerprint density at radius 1 is 0.921 bits per heavy atom. The minimum Gasteiger partial charge on any atom is -0.337 e. The van der Waals surface area contributed by atoms with Crippen molar-refractivity contribution in [1.82, 2.24) is 14.8 Å². The maximum atomic E-state index is 13.2. The highest BCUT2D eigenvalue weighted by atomic mass is 32.2. The van der Waals surface area contributed by atoms with Crippen molar-refractivity contribution in [2.24, 2.45) is 0 Å². The molecule has 1 saturated heterocycles. The summed E-state index contributed by atoms with van der Waals surface area (Å²) < 4.78 is 28.7. The van der Waals surface area contributed by atoms with Crippen molar-refractivity contribution in [3.63, 3.8) is 0 Å². The van der Waals surface area contributed by atoms with Gasteiger partial charge < -0.3 is 4.90 Å². The van der Waals surface area contributed by atoms with Crippen molar-refractivity contribution in [1.29, 1.82) is 0 Å². The van der Waals surface area contributed by atoms with E-state index in [-0.39, 0.29) is 10.8 Å². The molecule has 4 aromatic rings. The number of para-hydroxylation sites is 1. The molecule has 5 rings (SSSR count). The number of hydrogen-bond acceptors (Lipinski definition) is 5. The monoisotopic (exact) mass is 525 g/mol. The van der Waals surface area contributed by atoms with Crippen LogP contribution >= 0.6 is 0 Å². The lowest BCUT2D eigenvalue weighted by atomic mass is 10.2. The van der Waals surface area contributed by atoms with Crippen LogP contribution in [0.4, 0.5) is 11.4 Å². The zero-order valence-electron chi connectivity index (χ0n) is 20.7. The average Bonchev–Trinajstić information content (AvgIpc) is 3.18. The highest BCUT2D eigenvalue weighted by molar-refractivity contribution is 7.93. The van der Waals surface area contributed by atoms with E-state index in [0.29, 0.717) is 35.5 Å². The number of fused-ring (bicyclic) bond motifs is 1. The predicted octanol–water partition coefficient (Wildman–Crippen LogP) is 4.93. The molecule has 1 aromatic heterocycles. The smallest absolute Gasteiger partial charge is 0.264 e. The predicted molar refractivity (Wildman–Crippen MR) is 147 cm³/mol. The fourth-order valence-electron chi connectivity index (χ4n) is 4.63. The van der Waals surface area contributed by atoms with Gasteiger partial charge in [-0.1, -0.05) is 42.5 Å². The van der Waals surface area contributed by atoms with Gasteiger partial charge in [0.15, 0.2) is 5.69 Å². The van der Waals surface area contributed by atoms with E-state index in [0.717, 1.165) is 37.0 Å². The Hall–Kier alpha value is -4.26. The van der Waals surface area contributed by atoms with Gasteiger partial charge in [0.05, 0.1) is 12.1 Å². The summed E-state index contributed by atoms with van der Waals surface area (Å²) in [5.41, 5.74) is 3.08. The number of aromatic nitrogens is 1. The van der Waals surface area contributed by atoms with Gasteiger partial charge in [0, 0.05) is 55.6 Å². The summed E-state index contributed by atoms with van der Waals surface area (Å²) in [6.45, 7) is 10.8. The number of sulfonamides is 1. The summed E-state index contributed by atoms with van der Waals surface area (Å²) >= 11 is 0. The van der Waals surface area contributed by atoms with Gasteiger partial charge in [-0.25, -0.2) is 13.3 Å². The Bertz CT molecular complexity index is 1590. The number of rotatable bonds is 6. The van der Waals surface area contributed by atoms with Crippen LogP contribution in [0, 0.1) is 6.57 Å². The second-order valence-electron chi connectivity index (χ2n) is 9.21. The third kappa shape index (κ3) is 5.67. The van der Waals surface area contributed by atoms with Gasteiger partial charge in [-0.2, -0.15) is 0 Å². The topological polar surface area (TPSA) is 87.0 Å². The lowest BCUT2D eigenvalue weighted by Crippen LogP contribution is -2.35. The number of benzene rings is 3. The van der Waals surface area contributed by atoms with E-state index < -0.39 is 10.0 Å². The SMILES string of the molecule is [C-]#[N+]c1ccc(CN2CCCN(C(=O)c3ccc(NS(=O)(=O)c4cccc5cccnc45)cc3)CC2)cc1. The fourth-order valence-corrected chi connectivity index (χ4v) is 5.87. The van der Waals surface area contributed by atoms with Crippen LogP contribution in [-0.2, 0) is 16.6 Å². The summed E-state index contributed by atoms with van der Waals surface area (Å²) in [5.74, 6) is -0.0686. The molecule has 1 amide bonds. The van der Waals surface area contributed by atoms with Crippen LogP contribution < -0.4 is 4.72 Å². The van der Waals surface area contributed by atoms with Crippen molar-refractivity contribution in [2.75, 3.05) is 30.9 Å². The number of carbonyl (C=O) groups is 1. The number of hydrogen-bond donors (Lipinski definition) is 1. The van der Waals surface area contributed by atoms with E-state index in [9.17, 15) is 13.2 Å². The first kappa shape index (κ1) is 25.4. The molecule has 0 atom stereocenters. The van der Waals surface area contributed by atoms with Crippen molar-refractivity contribution >= 4 is 38.2 Å². The molecule has 0 aliphatic carbocycles. The molecule has 1 aliphatic rings. The first-order valence-electron chi connectivity index (χ1n) is 12.4. The van der Waals surface area contributed by atoms with Crippen LogP contribution in [0.1, 0.15) is 22.3 Å². The molecular weight excluding hydrogens is 498 g/mol. The Morgan fingerprint density at radius 2 is 1.68 bits per heavy atom. The third-order valence-corrected chi connectivity index (χ3v) is 8.03. The second kappa shape index (κ2) is 11.0.